The first-order valence-electron chi connectivity index (χ1n) is 6.38. The van der Waals surface area contributed by atoms with E-state index in [1.54, 1.807) is 17.8 Å². The standard InChI is InChI=1S/C16H14O2S2/c1-9-6-7-19-14(10(9)2)12-5-3-4-11-8-13(16(17)18)20-15(11)12/h3-9H,1-2H3,(H,17,18). The number of carboxylic acids is 1. The molecule has 1 aliphatic rings. The average molecular weight is 302 g/mol. The van der Waals surface area contributed by atoms with Gasteiger partial charge < -0.3 is 5.11 Å². The van der Waals surface area contributed by atoms with E-state index in [9.17, 15) is 4.79 Å². The molecular formula is C16H14O2S2. The minimum atomic E-state index is -0.854. The zero-order chi connectivity index (χ0) is 14.3. The number of thiophene rings is 1. The number of benzene rings is 1. The molecule has 1 unspecified atom stereocenters. The molecule has 20 heavy (non-hydrogen) atoms. The van der Waals surface area contributed by atoms with Gasteiger partial charge >= 0.3 is 5.97 Å². The Labute approximate surface area is 125 Å². The Kier molecular flexibility index (Phi) is 3.44. The van der Waals surface area contributed by atoms with E-state index in [0.29, 0.717) is 10.8 Å². The van der Waals surface area contributed by atoms with Crippen LogP contribution in [0.3, 0.4) is 0 Å². The highest BCUT2D eigenvalue weighted by Gasteiger charge is 2.18. The number of carboxylic acid groups (broad SMARTS) is 1. The fraction of sp³-hybridized carbons (Fsp3) is 0.188. The number of allylic oxidation sites excluding steroid dienone is 2. The molecule has 1 N–H and O–H groups in total. The van der Waals surface area contributed by atoms with Crippen molar-refractivity contribution in [2.45, 2.75) is 13.8 Å². The van der Waals surface area contributed by atoms with Gasteiger partial charge in [-0.05, 0) is 29.7 Å². The molecule has 4 heteroatoms. The maximum Gasteiger partial charge on any atom is 0.345 e. The summed E-state index contributed by atoms with van der Waals surface area (Å²) in [5.74, 6) is -0.423. The van der Waals surface area contributed by atoms with Gasteiger partial charge in [-0.1, -0.05) is 48.5 Å². The highest BCUT2D eigenvalue weighted by molar-refractivity contribution is 8.11. The third kappa shape index (κ3) is 2.19. The molecule has 102 valence electrons. The van der Waals surface area contributed by atoms with Crippen LogP contribution in [0, 0.1) is 5.92 Å². The van der Waals surface area contributed by atoms with Gasteiger partial charge in [-0.15, -0.1) is 11.3 Å². The molecule has 0 spiro atoms. The van der Waals surface area contributed by atoms with Crippen molar-refractivity contribution in [3.8, 4) is 0 Å². The quantitative estimate of drug-likeness (QED) is 0.825. The number of rotatable bonds is 2. The van der Waals surface area contributed by atoms with Gasteiger partial charge in [0.15, 0.2) is 0 Å². The Balaban J connectivity index is 2.21. The van der Waals surface area contributed by atoms with Crippen molar-refractivity contribution < 1.29 is 9.90 Å². The van der Waals surface area contributed by atoms with Gasteiger partial charge in [-0.2, -0.15) is 0 Å². The Hall–Kier alpha value is -1.52. The van der Waals surface area contributed by atoms with E-state index >= 15 is 0 Å². The molecule has 0 saturated heterocycles. The van der Waals surface area contributed by atoms with Crippen LogP contribution in [0.25, 0.3) is 15.0 Å². The van der Waals surface area contributed by atoms with Crippen LogP contribution in [0.5, 0.6) is 0 Å². The lowest BCUT2D eigenvalue weighted by Gasteiger charge is -2.19. The largest absolute Gasteiger partial charge is 0.477 e. The second-order valence-electron chi connectivity index (χ2n) is 4.89. The van der Waals surface area contributed by atoms with Crippen LogP contribution < -0.4 is 0 Å². The highest BCUT2D eigenvalue weighted by atomic mass is 32.2. The Bertz CT molecular complexity index is 753. The van der Waals surface area contributed by atoms with Gasteiger partial charge in [0.05, 0.1) is 0 Å². The predicted octanol–water partition coefficient (Wildman–Crippen LogP) is 5.23. The Morgan fingerprint density at radius 1 is 1.35 bits per heavy atom. The summed E-state index contributed by atoms with van der Waals surface area (Å²) in [6.07, 6.45) is 2.20. The normalized spacial score (nSPS) is 18.8. The van der Waals surface area contributed by atoms with Gasteiger partial charge in [0.2, 0.25) is 0 Å². The van der Waals surface area contributed by atoms with Crippen molar-refractivity contribution >= 4 is 44.1 Å². The fourth-order valence-corrected chi connectivity index (χ4v) is 4.49. The Morgan fingerprint density at radius 2 is 2.15 bits per heavy atom. The molecule has 1 aromatic heterocycles. The molecule has 2 aromatic rings. The van der Waals surface area contributed by atoms with Crippen molar-refractivity contribution in [1.29, 1.82) is 0 Å². The minimum Gasteiger partial charge on any atom is -0.477 e. The molecule has 1 aliphatic heterocycles. The molecule has 3 rings (SSSR count). The third-order valence-electron chi connectivity index (χ3n) is 3.59. The summed E-state index contributed by atoms with van der Waals surface area (Å²) in [6, 6.07) is 7.82. The lowest BCUT2D eigenvalue weighted by Crippen LogP contribution is -1.98. The van der Waals surface area contributed by atoms with Crippen LogP contribution >= 0.6 is 23.1 Å². The van der Waals surface area contributed by atoms with E-state index in [1.807, 2.05) is 12.1 Å². The molecule has 0 aliphatic carbocycles. The zero-order valence-electron chi connectivity index (χ0n) is 11.2. The Morgan fingerprint density at radius 3 is 2.90 bits per heavy atom. The molecule has 1 aromatic carbocycles. The summed E-state index contributed by atoms with van der Waals surface area (Å²) in [5, 5.41) is 12.3. The lowest BCUT2D eigenvalue weighted by atomic mass is 9.99. The number of hydrogen-bond acceptors (Lipinski definition) is 3. The van der Waals surface area contributed by atoms with Gasteiger partial charge in [-0.3, -0.25) is 0 Å². The van der Waals surface area contributed by atoms with Crippen molar-refractivity contribution in [1.82, 2.24) is 0 Å². The van der Waals surface area contributed by atoms with Crippen molar-refractivity contribution in [2.24, 2.45) is 5.92 Å². The van der Waals surface area contributed by atoms with Gasteiger partial charge in [-0.25, -0.2) is 4.79 Å². The zero-order valence-corrected chi connectivity index (χ0v) is 12.8. The summed E-state index contributed by atoms with van der Waals surface area (Å²) < 4.78 is 1.06. The summed E-state index contributed by atoms with van der Waals surface area (Å²) in [6.45, 7) is 4.34. The predicted molar refractivity (Wildman–Crippen MR) is 87.3 cm³/mol. The van der Waals surface area contributed by atoms with Crippen LogP contribution in [0.1, 0.15) is 29.1 Å². The average Bonchev–Trinajstić information content (AvgIpc) is 2.86. The summed E-state index contributed by atoms with van der Waals surface area (Å²) in [4.78, 5) is 12.8. The summed E-state index contributed by atoms with van der Waals surface area (Å²) in [5.41, 5.74) is 2.49. The molecular weight excluding hydrogens is 288 g/mol. The number of thioether (sulfide) groups is 1. The number of aromatic carboxylic acids is 1. The molecule has 0 fully saturated rings. The topological polar surface area (TPSA) is 37.3 Å². The smallest absolute Gasteiger partial charge is 0.345 e. The van der Waals surface area contributed by atoms with Gasteiger partial charge in [0, 0.05) is 15.2 Å². The summed E-state index contributed by atoms with van der Waals surface area (Å²) >= 11 is 3.08. The van der Waals surface area contributed by atoms with E-state index in [4.69, 9.17) is 5.11 Å². The molecule has 0 bridgehead atoms. The van der Waals surface area contributed by atoms with Crippen molar-refractivity contribution in [3.63, 3.8) is 0 Å². The second kappa shape index (κ2) is 5.11. The molecule has 2 nitrogen and oxygen atoms in total. The number of carbonyl (C=O) groups is 1. The van der Waals surface area contributed by atoms with E-state index in [1.165, 1.54) is 21.8 Å². The molecule has 0 saturated carbocycles. The first-order valence-corrected chi connectivity index (χ1v) is 8.08. The van der Waals surface area contributed by atoms with E-state index in [0.717, 1.165) is 15.6 Å². The third-order valence-corrected chi connectivity index (χ3v) is 5.84. The van der Waals surface area contributed by atoms with Gasteiger partial charge in [0.1, 0.15) is 4.88 Å². The first kappa shape index (κ1) is 13.5. The molecule has 2 heterocycles. The van der Waals surface area contributed by atoms with Gasteiger partial charge in [0.25, 0.3) is 0 Å². The van der Waals surface area contributed by atoms with Crippen LogP contribution in [0.2, 0.25) is 0 Å². The highest BCUT2D eigenvalue weighted by Crippen LogP contribution is 2.43. The molecule has 0 amide bonds. The molecule has 1 atom stereocenters. The van der Waals surface area contributed by atoms with E-state index < -0.39 is 5.97 Å². The summed E-state index contributed by atoms with van der Waals surface area (Å²) in [7, 11) is 0. The number of hydrogen-bond donors (Lipinski definition) is 1. The monoisotopic (exact) mass is 302 g/mol. The van der Waals surface area contributed by atoms with Crippen LogP contribution in [-0.2, 0) is 0 Å². The maximum absolute atomic E-state index is 11.2. The van der Waals surface area contributed by atoms with E-state index in [2.05, 4.69) is 31.4 Å². The fourth-order valence-electron chi connectivity index (χ4n) is 2.29. The minimum absolute atomic E-state index is 0.398. The van der Waals surface area contributed by atoms with Crippen LogP contribution in [0.15, 0.2) is 41.3 Å². The van der Waals surface area contributed by atoms with Crippen LogP contribution in [0.4, 0.5) is 0 Å². The van der Waals surface area contributed by atoms with Crippen molar-refractivity contribution in [2.75, 3.05) is 0 Å². The SMILES string of the molecule is CC1=C(c2cccc3cc(C(=O)O)sc23)SC=CC1C. The van der Waals surface area contributed by atoms with E-state index in [-0.39, 0.29) is 0 Å². The number of fused-ring (bicyclic) bond motifs is 1. The second-order valence-corrected chi connectivity index (χ2v) is 6.86. The van der Waals surface area contributed by atoms with Crippen molar-refractivity contribution in [3.05, 3.63) is 51.8 Å². The van der Waals surface area contributed by atoms with Crippen LogP contribution in [-0.4, -0.2) is 11.1 Å². The molecule has 0 radical (unpaired) electrons. The lowest BCUT2D eigenvalue weighted by molar-refractivity contribution is 0.0702. The maximum atomic E-state index is 11.2. The first-order chi connectivity index (χ1) is 9.58.